The number of nitrogens with zero attached hydrogens (tertiary/aromatic N) is 6. The van der Waals surface area contributed by atoms with Crippen molar-refractivity contribution in [2.45, 2.75) is 31.8 Å². The van der Waals surface area contributed by atoms with Gasteiger partial charge in [0.2, 0.25) is 17.8 Å². The summed E-state index contributed by atoms with van der Waals surface area (Å²) in [5.74, 6) is 3.22. The Morgan fingerprint density at radius 1 is 1.12 bits per heavy atom. The fourth-order valence-electron chi connectivity index (χ4n) is 6.81. The predicted molar refractivity (Wildman–Crippen MR) is 127 cm³/mol. The van der Waals surface area contributed by atoms with Gasteiger partial charge in [-0.25, -0.2) is 14.1 Å². The molecule has 3 fully saturated rings. The Hall–Kier alpha value is -3.36. The van der Waals surface area contributed by atoms with Crippen LogP contribution in [0.1, 0.15) is 19.3 Å². The van der Waals surface area contributed by atoms with Crippen LogP contribution in [0.3, 0.4) is 0 Å². The smallest absolute Gasteiger partial charge is 0.244 e. The number of halogens is 1. The van der Waals surface area contributed by atoms with Gasteiger partial charge in [0.25, 0.3) is 0 Å². The van der Waals surface area contributed by atoms with Gasteiger partial charge >= 0.3 is 0 Å². The summed E-state index contributed by atoms with van der Waals surface area (Å²) in [6, 6.07) is 11.1. The molecule has 1 N–H and O–H groups in total. The number of aromatic nitrogens is 4. The van der Waals surface area contributed by atoms with Crippen LogP contribution in [-0.2, 0) is 6.54 Å². The summed E-state index contributed by atoms with van der Waals surface area (Å²) < 4.78 is 20.7. The molecule has 4 heterocycles. The molecule has 2 aromatic heterocycles. The molecule has 1 spiro atoms. The molecule has 1 saturated heterocycles. The van der Waals surface area contributed by atoms with Crippen LogP contribution in [0.4, 0.5) is 27.7 Å². The van der Waals surface area contributed by atoms with Crippen LogP contribution < -0.4 is 19.9 Å². The van der Waals surface area contributed by atoms with Crippen molar-refractivity contribution in [2.75, 3.05) is 41.9 Å². The number of nitrogens with one attached hydrogen (secondary N) is 1. The lowest BCUT2D eigenvalue weighted by atomic mass is 9.41. The van der Waals surface area contributed by atoms with Crippen LogP contribution in [0.2, 0.25) is 0 Å². The first-order valence-corrected chi connectivity index (χ1v) is 12.1. The zero-order chi connectivity index (χ0) is 22.9. The van der Waals surface area contributed by atoms with Crippen molar-refractivity contribution in [1.29, 1.82) is 0 Å². The van der Waals surface area contributed by atoms with E-state index in [0.717, 1.165) is 44.2 Å². The number of ether oxygens (including phenoxy) is 1. The summed E-state index contributed by atoms with van der Waals surface area (Å²) in [5.41, 5.74) is 2.54. The van der Waals surface area contributed by atoms with Crippen molar-refractivity contribution < 1.29 is 9.13 Å². The molecule has 2 saturated carbocycles. The van der Waals surface area contributed by atoms with Gasteiger partial charge < -0.3 is 19.9 Å². The number of hydrogen-bond donors (Lipinski definition) is 1. The molecule has 8 nitrogen and oxygen atoms in total. The van der Waals surface area contributed by atoms with Gasteiger partial charge in [-0.05, 0) is 60.9 Å². The molecule has 4 aliphatic rings. The average molecular weight is 462 g/mol. The topological polar surface area (TPSA) is 71.3 Å². The molecule has 34 heavy (non-hydrogen) atoms. The van der Waals surface area contributed by atoms with Crippen LogP contribution in [0.15, 0.2) is 42.6 Å². The van der Waals surface area contributed by atoms with Gasteiger partial charge in [0, 0.05) is 61.8 Å². The molecule has 0 radical (unpaired) electrons. The molecular formula is C25H28FN7O. The van der Waals surface area contributed by atoms with Crippen molar-refractivity contribution in [3.8, 4) is 5.88 Å². The highest BCUT2D eigenvalue weighted by Crippen LogP contribution is 2.68. The number of benzene rings is 1. The zero-order valence-electron chi connectivity index (χ0n) is 19.2. The third-order valence-electron chi connectivity index (χ3n) is 8.54. The Balaban J connectivity index is 1.11. The number of pyridine rings is 1. The van der Waals surface area contributed by atoms with Crippen LogP contribution in [0.25, 0.3) is 0 Å². The van der Waals surface area contributed by atoms with Crippen molar-refractivity contribution in [3.05, 3.63) is 48.4 Å². The number of hydrogen-bond acceptors (Lipinski definition) is 7. The lowest BCUT2D eigenvalue weighted by Crippen LogP contribution is -2.68. The Labute approximate surface area is 197 Å². The van der Waals surface area contributed by atoms with Gasteiger partial charge in [0.1, 0.15) is 5.82 Å². The Kier molecular flexibility index (Phi) is 4.32. The highest BCUT2D eigenvalue weighted by Gasteiger charge is 2.70. The maximum Gasteiger partial charge on any atom is 0.244 e. The molecule has 2 aliphatic heterocycles. The predicted octanol–water partition coefficient (Wildman–Crippen LogP) is 3.69. The van der Waals surface area contributed by atoms with E-state index in [1.165, 1.54) is 30.7 Å². The monoisotopic (exact) mass is 461 g/mol. The number of methoxy groups -OCH3 is 1. The maximum atomic E-state index is 13.4. The summed E-state index contributed by atoms with van der Waals surface area (Å²) in [6.45, 7) is 3.82. The van der Waals surface area contributed by atoms with E-state index in [1.807, 2.05) is 29.1 Å². The quantitative estimate of drug-likeness (QED) is 0.621. The van der Waals surface area contributed by atoms with Gasteiger partial charge in [-0.1, -0.05) is 0 Å². The fraction of sp³-hybridized carbons (Fsp3) is 0.480. The molecule has 3 aromatic rings. The second-order valence-electron chi connectivity index (χ2n) is 10.0. The van der Waals surface area contributed by atoms with Crippen molar-refractivity contribution >= 4 is 23.3 Å². The number of anilines is 4. The highest BCUT2D eigenvalue weighted by molar-refractivity contribution is 5.59. The van der Waals surface area contributed by atoms with E-state index in [0.29, 0.717) is 35.1 Å². The molecule has 0 bridgehead atoms. The molecule has 0 amide bonds. The number of aryl methyl sites for hydroxylation is 1. The van der Waals surface area contributed by atoms with Gasteiger partial charge in [-0.3, -0.25) is 0 Å². The van der Waals surface area contributed by atoms with E-state index in [2.05, 4.69) is 26.2 Å². The maximum absolute atomic E-state index is 13.4. The zero-order valence-corrected chi connectivity index (χ0v) is 19.2. The summed E-state index contributed by atoms with van der Waals surface area (Å²) in [4.78, 5) is 13.8. The van der Waals surface area contributed by atoms with E-state index in [-0.39, 0.29) is 5.82 Å². The van der Waals surface area contributed by atoms with Gasteiger partial charge in [-0.15, -0.1) is 5.10 Å². The Morgan fingerprint density at radius 2 is 2.00 bits per heavy atom. The first-order chi connectivity index (χ1) is 16.6. The molecule has 2 unspecified atom stereocenters. The second kappa shape index (κ2) is 7.32. The Bertz CT molecular complexity index is 1230. The van der Waals surface area contributed by atoms with E-state index in [9.17, 15) is 4.39 Å². The SMILES string of the molecule is COc1cc(N2C[C@H]3[C@H](Nc4nc5n(n4)CCCN5c4ccc(F)cc4)C4CCC43C2)ccn1. The summed E-state index contributed by atoms with van der Waals surface area (Å²) in [6.07, 6.45) is 5.36. The molecule has 1 aromatic carbocycles. The van der Waals surface area contributed by atoms with Gasteiger partial charge in [-0.2, -0.15) is 4.98 Å². The molecule has 4 atom stereocenters. The minimum absolute atomic E-state index is 0.227. The first kappa shape index (κ1) is 20.1. The van der Waals surface area contributed by atoms with E-state index < -0.39 is 0 Å². The number of rotatable bonds is 5. The first-order valence-electron chi connectivity index (χ1n) is 12.1. The highest BCUT2D eigenvalue weighted by atomic mass is 19.1. The van der Waals surface area contributed by atoms with Crippen LogP contribution in [0, 0.1) is 23.1 Å². The standard InChI is InChI=1S/C25H28FN7O/c1-34-21-13-18(8-10-27-21)31-14-20-22(19-7-9-25(19,20)15-31)28-23-29-24-32(11-2-12-33(24)30-23)17-5-3-16(26)4-6-17/h3-6,8,10,13,19-20,22H,2,7,9,11-12,14-15H2,1H3,(H,28,30)/t19?,20-,22+,25?/m0/s1. The number of fused-ring (bicyclic) bond motifs is 1. The largest absolute Gasteiger partial charge is 0.481 e. The summed E-state index contributed by atoms with van der Waals surface area (Å²) in [7, 11) is 1.66. The van der Waals surface area contributed by atoms with Gasteiger partial charge in [0.15, 0.2) is 0 Å². The lowest BCUT2D eigenvalue weighted by Gasteiger charge is -2.65. The van der Waals surface area contributed by atoms with E-state index in [4.69, 9.17) is 14.8 Å². The van der Waals surface area contributed by atoms with Crippen LogP contribution in [-0.4, -0.2) is 52.5 Å². The third kappa shape index (κ3) is 2.85. The second-order valence-corrected chi connectivity index (χ2v) is 10.0. The lowest BCUT2D eigenvalue weighted by molar-refractivity contribution is -0.117. The van der Waals surface area contributed by atoms with E-state index >= 15 is 0 Å². The van der Waals surface area contributed by atoms with Crippen LogP contribution >= 0.6 is 0 Å². The van der Waals surface area contributed by atoms with Crippen molar-refractivity contribution in [3.63, 3.8) is 0 Å². The molecule has 176 valence electrons. The summed E-state index contributed by atoms with van der Waals surface area (Å²) in [5, 5.41) is 8.52. The van der Waals surface area contributed by atoms with Crippen molar-refractivity contribution in [2.24, 2.45) is 17.3 Å². The summed E-state index contributed by atoms with van der Waals surface area (Å²) >= 11 is 0. The normalized spacial score (nSPS) is 28.9. The minimum atomic E-state index is -0.227. The average Bonchev–Trinajstić information content (AvgIpc) is 3.45. The van der Waals surface area contributed by atoms with E-state index in [1.54, 1.807) is 7.11 Å². The molecule has 9 heteroatoms. The van der Waals surface area contributed by atoms with Gasteiger partial charge in [0.05, 0.1) is 7.11 Å². The fourth-order valence-corrected chi connectivity index (χ4v) is 6.81. The third-order valence-corrected chi connectivity index (χ3v) is 8.54. The van der Waals surface area contributed by atoms with Crippen molar-refractivity contribution in [1.82, 2.24) is 19.7 Å². The molecule has 2 aliphatic carbocycles. The van der Waals surface area contributed by atoms with Crippen LogP contribution in [0.5, 0.6) is 5.88 Å². The Morgan fingerprint density at radius 3 is 2.79 bits per heavy atom. The molecule has 7 rings (SSSR count). The molecular weight excluding hydrogens is 433 g/mol. The minimum Gasteiger partial charge on any atom is -0.481 e.